The van der Waals surface area contributed by atoms with Crippen molar-refractivity contribution in [3.8, 4) is 5.75 Å². The van der Waals surface area contributed by atoms with Crippen molar-refractivity contribution < 1.29 is 36.8 Å². The molecule has 0 radical (unpaired) electrons. The minimum atomic E-state index is -4.54. The minimum absolute atomic E-state index is 0.102. The summed E-state index contributed by atoms with van der Waals surface area (Å²) >= 11 is 0. The van der Waals surface area contributed by atoms with Crippen molar-refractivity contribution in [2.45, 2.75) is 24.5 Å². The molecule has 0 amide bonds. The second kappa shape index (κ2) is 6.13. The monoisotopic (exact) mass is 357 g/mol. The molecule has 10 heteroatoms. The van der Waals surface area contributed by atoms with E-state index in [1.807, 2.05) is 0 Å². The number of rotatable bonds is 4. The molecule has 1 aromatic carbocycles. The lowest BCUT2D eigenvalue weighted by Gasteiger charge is -2.29. The number of carbonyl (C=O) groups excluding carboxylic acids is 2. The zero-order valence-electron chi connectivity index (χ0n) is 13.0. The van der Waals surface area contributed by atoms with Crippen LogP contribution < -0.4 is 10.1 Å². The fourth-order valence-electron chi connectivity index (χ4n) is 1.90. The largest absolute Gasteiger partial charge is 0.497 e. The Hall–Kier alpha value is -2.59. The first kappa shape index (κ1) is 17.8. The van der Waals surface area contributed by atoms with Crippen LogP contribution in [0.1, 0.15) is 13.8 Å². The van der Waals surface area contributed by atoms with E-state index in [0.717, 1.165) is 12.3 Å². The second-order valence-electron chi connectivity index (χ2n) is 5.22. The van der Waals surface area contributed by atoms with E-state index in [0.29, 0.717) is 5.75 Å². The molecule has 0 spiro atoms. The Balaban J connectivity index is 2.38. The summed E-state index contributed by atoms with van der Waals surface area (Å²) in [5.74, 6) is -2.96. The lowest BCUT2D eigenvalue weighted by molar-refractivity contribution is -0.222. The molecule has 0 atom stereocenters. The highest BCUT2D eigenvalue weighted by Gasteiger charge is 2.39. The van der Waals surface area contributed by atoms with Crippen molar-refractivity contribution >= 4 is 27.7 Å². The van der Waals surface area contributed by atoms with Gasteiger partial charge in [-0.05, 0) is 12.1 Å². The van der Waals surface area contributed by atoms with Gasteiger partial charge in [-0.1, -0.05) is 0 Å². The highest BCUT2D eigenvalue weighted by atomic mass is 32.2. The molecule has 0 bridgehead atoms. The summed E-state index contributed by atoms with van der Waals surface area (Å²) in [6.07, 6.45) is 0.934. The molecule has 1 saturated heterocycles. The zero-order chi connectivity index (χ0) is 18.1. The third-order valence-corrected chi connectivity index (χ3v) is 3.87. The van der Waals surface area contributed by atoms with Crippen LogP contribution in [-0.2, 0) is 29.2 Å². The smallest absolute Gasteiger partial charge is 0.350 e. The zero-order valence-corrected chi connectivity index (χ0v) is 13.8. The number of anilines is 1. The van der Waals surface area contributed by atoms with Gasteiger partial charge < -0.3 is 19.5 Å². The van der Waals surface area contributed by atoms with E-state index in [9.17, 15) is 22.6 Å². The number of ether oxygens (including phenoxy) is 3. The fraction of sp³-hybridized carbons (Fsp3) is 0.286. The molecule has 1 aliphatic rings. The van der Waals surface area contributed by atoms with Crippen LogP contribution >= 0.6 is 0 Å². The van der Waals surface area contributed by atoms with Crippen LogP contribution in [0, 0.1) is 0 Å². The predicted octanol–water partition coefficient (Wildman–Crippen LogP) is 1.07. The van der Waals surface area contributed by atoms with Crippen molar-refractivity contribution in [3.63, 3.8) is 0 Å². The molecular weight excluding hydrogens is 342 g/mol. The Labute approximate surface area is 137 Å². The first-order valence-electron chi connectivity index (χ1n) is 6.62. The van der Waals surface area contributed by atoms with Crippen molar-refractivity contribution in [2.24, 2.45) is 0 Å². The average Bonchev–Trinajstić information content (AvgIpc) is 2.43. The minimum Gasteiger partial charge on any atom is -0.497 e. The number of esters is 2. The van der Waals surface area contributed by atoms with Gasteiger partial charge in [0.1, 0.15) is 10.6 Å². The first-order valence-corrected chi connectivity index (χ1v) is 8.06. The maximum absolute atomic E-state index is 11.8. The Kier molecular flexibility index (Phi) is 4.54. The van der Waals surface area contributed by atoms with Gasteiger partial charge in [0.2, 0.25) is 0 Å². The lowest BCUT2D eigenvalue weighted by atomic mass is 10.2. The quantitative estimate of drug-likeness (QED) is 0.352. The maximum Gasteiger partial charge on any atom is 0.350 e. The van der Waals surface area contributed by atoms with E-state index in [2.05, 4.69) is 5.32 Å². The van der Waals surface area contributed by atoms with Gasteiger partial charge in [0.05, 0.1) is 12.8 Å². The number of cyclic esters (lactones) is 2. The predicted molar refractivity (Wildman–Crippen MR) is 80.8 cm³/mol. The van der Waals surface area contributed by atoms with Crippen molar-refractivity contribution in [2.75, 3.05) is 12.4 Å². The summed E-state index contributed by atoms with van der Waals surface area (Å²) in [6, 6.07) is 3.70. The third kappa shape index (κ3) is 3.84. The summed E-state index contributed by atoms with van der Waals surface area (Å²) in [5, 5.41) is 2.47. The molecule has 1 heterocycles. The number of nitrogens with one attached hydrogen (secondary N) is 1. The number of methoxy groups -OCH3 is 1. The summed E-state index contributed by atoms with van der Waals surface area (Å²) < 4.78 is 46.8. The van der Waals surface area contributed by atoms with Gasteiger partial charge in [-0.25, -0.2) is 9.59 Å². The van der Waals surface area contributed by atoms with Gasteiger partial charge in [-0.15, -0.1) is 0 Å². The van der Waals surface area contributed by atoms with E-state index in [-0.39, 0.29) is 5.69 Å². The van der Waals surface area contributed by atoms with Crippen LogP contribution in [0.5, 0.6) is 5.75 Å². The average molecular weight is 357 g/mol. The van der Waals surface area contributed by atoms with Gasteiger partial charge in [0.25, 0.3) is 15.9 Å². The van der Waals surface area contributed by atoms with Crippen LogP contribution in [0.3, 0.4) is 0 Å². The lowest BCUT2D eigenvalue weighted by Crippen LogP contribution is -2.42. The van der Waals surface area contributed by atoms with E-state index in [4.69, 9.17) is 14.2 Å². The number of benzene rings is 1. The van der Waals surface area contributed by atoms with E-state index >= 15 is 0 Å². The van der Waals surface area contributed by atoms with Gasteiger partial charge in [-0.3, -0.25) is 4.55 Å². The first-order chi connectivity index (χ1) is 11.0. The van der Waals surface area contributed by atoms with Crippen LogP contribution in [-0.4, -0.2) is 37.8 Å². The molecule has 2 rings (SSSR count). The Morgan fingerprint density at radius 2 is 1.79 bits per heavy atom. The molecule has 1 aliphatic heterocycles. The summed E-state index contributed by atoms with van der Waals surface area (Å²) in [7, 11) is -3.17. The highest BCUT2D eigenvalue weighted by molar-refractivity contribution is 7.86. The normalized spacial score (nSPS) is 16.9. The molecule has 1 fully saturated rings. The molecule has 0 unspecified atom stereocenters. The molecule has 9 nitrogen and oxygen atoms in total. The van der Waals surface area contributed by atoms with E-state index in [1.165, 1.54) is 33.1 Å². The Morgan fingerprint density at radius 1 is 1.21 bits per heavy atom. The number of carbonyl (C=O) groups is 2. The summed E-state index contributed by atoms with van der Waals surface area (Å²) in [4.78, 5) is 23.2. The molecule has 24 heavy (non-hydrogen) atoms. The Bertz CT molecular complexity index is 803. The molecule has 2 N–H and O–H groups in total. The molecule has 0 aliphatic carbocycles. The standard InChI is InChI=1S/C14H15NO8S/c1-14(2)22-12(16)9(13(17)23-14)7-15-10-6-8(21-3)4-5-11(10)24(18,19)20/h4-7,15H,1-3H3,(H,18,19,20). The van der Waals surface area contributed by atoms with E-state index < -0.39 is 38.3 Å². The topological polar surface area (TPSA) is 128 Å². The van der Waals surface area contributed by atoms with Gasteiger partial charge >= 0.3 is 11.9 Å². The fourth-order valence-corrected chi connectivity index (χ4v) is 2.54. The molecular formula is C14H15NO8S. The maximum atomic E-state index is 11.8. The van der Waals surface area contributed by atoms with Gasteiger partial charge in [0.15, 0.2) is 5.57 Å². The van der Waals surface area contributed by atoms with Gasteiger partial charge in [0, 0.05) is 26.1 Å². The van der Waals surface area contributed by atoms with Crippen LogP contribution in [0.15, 0.2) is 34.9 Å². The molecule has 0 saturated carbocycles. The summed E-state index contributed by atoms with van der Waals surface area (Å²) in [5.41, 5.74) is -0.562. The van der Waals surface area contributed by atoms with Crippen LogP contribution in [0.4, 0.5) is 5.69 Å². The number of hydrogen-bond acceptors (Lipinski definition) is 8. The molecule has 1 aromatic rings. The number of hydrogen-bond donors (Lipinski definition) is 2. The summed E-state index contributed by atoms with van der Waals surface area (Å²) in [6.45, 7) is 2.79. The van der Waals surface area contributed by atoms with Crippen LogP contribution in [0.2, 0.25) is 0 Å². The van der Waals surface area contributed by atoms with Crippen molar-refractivity contribution in [1.82, 2.24) is 0 Å². The van der Waals surface area contributed by atoms with Crippen LogP contribution in [0.25, 0.3) is 0 Å². The molecule has 0 aromatic heterocycles. The Morgan fingerprint density at radius 3 is 2.29 bits per heavy atom. The SMILES string of the molecule is COc1ccc(S(=O)(=O)O)c(NC=C2C(=O)OC(C)(C)OC2=O)c1. The van der Waals surface area contributed by atoms with Gasteiger partial charge in [-0.2, -0.15) is 8.42 Å². The van der Waals surface area contributed by atoms with Crippen molar-refractivity contribution in [3.05, 3.63) is 30.0 Å². The van der Waals surface area contributed by atoms with Crippen molar-refractivity contribution in [1.29, 1.82) is 0 Å². The highest BCUT2D eigenvalue weighted by Crippen LogP contribution is 2.27. The molecule has 130 valence electrons. The third-order valence-electron chi connectivity index (χ3n) is 2.95. The second-order valence-corrected chi connectivity index (χ2v) is 6.61. The van der Waals surface area contributed by atoms with E-state index in [1.54, 1.807) is 0 Å².